The molecule has 3 unspecified atom stereocenters. The SMILES string of the molecule is CCOC1CC(N[C@H](C)c2ccc(Cl)cc2)C1OC. The predicted octanol–water partition coefficient (Wildman–Crippen LogP) is 3.18. The molecular formula is C15H22ClNO2. The van der Waals surface area contributed by atoms with Gasteiger partial charge in [0, 0.05) is 30.8 Å². The van der Waals surface area contributed by atoms with Crippen molar-refractivity contribution in [3.63, 3.8) is 0 Å². The standard InChI is InChI=1S/C15H22ClNO2/c1-4-19-14-9-13(15(14)18-3)17-10(2)11-5-7-12(16)8-6-11/h5-8,10,13-15,17H,4,9H2,1-3H3/t10-,13?,14?,15?/m1/s1. The minimum Gasteiger partial charge on any atom is -0.377 e. The van der Waals surface area contributed by atoms with Crippen molar-refractivity contribution in [3.05, 3.63) is 34.9 Å². The molecule has 0 aromatic heterocycles. The van der Waals surface area contributed by atoms with Crippen LogP contribution in [0.1, 0.15) is 31.9 Å². The molecule has 1 aromatic rings. The highest BCUT2D eigenvalue weighted by atomic mass is 35.5. The first-order valence-corrected chi connectivity index (χ1v) is 7.19. The molecule has 4 heteroatoms. The lowest BCUT2D eigenvalue weighted by molar-refractivity contribution is -0.133. The van der Waals surface area contributed by atoms with Crippen LogP contribution in [0.2, 0.25) is 5.02 Å². The van der Waals surface area contributed by atoms with Crippen molar-refractivity contribution in [1.82, 2.24) is 5.32 Å². The van der Waals surface area contributed by atoms with Gasteiger partial charge in [0.25, 0.3) is 0 Å². The van der Waals surface area contributed by atoms with Gasteiger partial charge in [0.05, 0.1) is 12.2 Å². The minimum atomic E-state index is 0.148. The summed E-state index contributed by atoms with van der Waals surface area (Å²) in [5.41, 5.74) is 1.24. The number of rotatable bonds is 6. The second-order valence-electron chi connectivity index (χ2n) is 4.98. The van der Waals surface area contributed by atoms with Crippen molar-refractivity contribution in [2.75, 3.05) is 13.7 Å². The van der Waals surface area contributed by atoms with E-state index in [1.165, 1.54) is 5.56 Å². The molecule has 0 bridgehead atoms. The maximum atomic E-state index is 5.90. The molecule has 1 fully saturated rings. The number of hydrogen-bond donors (Lipinski definition) is 1. The predicted molar refractivity (Wildman–Crippen MR) is 77.6 cm³/mol. The van der Waals surface area contributed by atoms with Crippen LogP contribution in [0.25, 0.3) is 0 Å². The number of methoxy groups -OCH3 is 1. The average Bonchev–Trinajstić information content (AvgIpc) is 2.38. The van der Waals surface area contributed by atoms with E-state index >= 15 is 0 Å². The lowest BCUT2D eigenvalue weighted by atomic mass is 9.84. The van der Waals surface area contributed by atoms with E-state index in [4.69, 9.17) is 21.1 Å². The van der Waals surface area contributed by atoms with E-state index in [0.29, 0.717) is 6.04 Å². The molecule has 0 saturated heterocycles. The summed E-state index contributed by atoms with van der Waals surface area (Å²) in [5, 5.41) is 4.36. The van der Waals surface area contributed by atoms with Gasteiger partial charge in [-0.3, -0.25) is 0 Å². The van der Waals surface area contributed by atoms with E-state index in [1.54, 1.807) is 7.11 Å². The molecule has 1 aromatic carbocycles. The topological polar surface area (TPSA) is 30.5 Å². The third kappa shape index (κ3) is 3.48. The number of hydrogen-bond acceptors (Lipinski definition) is 3. The normalized spacial score (nSPS) is 27.9. The van der Waals surface area contributed by atoms with Crippen LogP contribution in [0.5, 0.6) is 0 Å². The summed E-state index contributed by atoms with van der Waals surface area (Å²) >= 11 is 5.90. The number of ether oxygens (including phenoxy) is 2. The molecule has 1 N–H and O–H groups in total. The van der Waals surface area contributed by atoms with Gasteiger partial charge in [-0.1, -0.05) is 23.7 Å². The molecule has 1 aliphatic carbocycles. The highest BCUT2D eigenvalue weighted by Crippen LogP contribution is 2.29. The van der Waals surface area contributed by atoms with Crippen molar-refractivity contribution < 1.29 is 9.47 Å². The fourth-order valence-corrected chi connectivity index (χ4v) is 2.73. The third-order valence-corrected chi connectivity index (χ3v) is 3.99. The maximum absolute atomic E-state index is 5.90. The molecule has 106 valence electrons. The largest absolute Gasteiger partial charge is 0.377 e. The summed E-state index contributed by atoms with van der Waals surface area (Å²) in [6, 6.07) is 8.59. The third-order valence-electron chi connectivity index (χ3n) is 3.74. The van der Waals surface area contributed by atoms with Gasteiger partial charge in [0.15, 0.2) is 0 Å². The Balaban J connectivity index is 1.89. The van der Waals surface area contributed by atoms with E-state index in [1.807, 2.05) is 19.1 Å². The number of benzene rings is 1. The Labute approximate surface area is 120 Å². The van der Waals surface area contributed by atoms with Crippen LogP contribution in [0, 0.1) is 0 Å². The second-order valence-corrected chi connectivity index (χ2v) is 5.41. The zero-order chi connectivity index (χ0) is 13.8. The smallest absolute Gasteiger partial charge is 0.0987 e. The minimum absolute atomic E-state index is 0.148. The lowest BCUT2D eigenvalue weighted by Gasteiger charge is -2.44. The van der Waals surface area contributed by atoms with E-state index in [0.717, 1.165) is 18.1 Å². The monoisotopic (exact) mass is 283 g/mol. The maximum Gasteiger partial charge on any atom is 0.0987 e. The Morgan fingerprint density at radius 2 is 2.05 bits per heavy atom. The zero-order valence-electron chi connectivity index (χ0n) is 11.7. The molecule has 1 saturated carbocycles. The van der Waals surface area contributed by atoms with Gasteiger partial charge < -0.3 is 14.8 Å². The molecule has 19 heavy (non-hydrogen) atoms. The fourth-order valence-electron chi connectivity index (χ4n) is 2.61. The molecule has 1 aliphatic rings. The molecule has 0 amide bonds. The van der Waals surface area contributed by atoms with E-state index < -0.39 is 0 Å². The summed E-state index contributed by atoms with van der Waals surface area (Å²) < 4.78 is 11.1. The molecule has 0 aliphatic heterocycles. The van der Waals surface area contributed by atoms with Crippen LogP contribution in [0.3, 0.4) is 0 Å². The van der Waals surface area contributed by atoms with Gasteiger partial charge in [0.1, 0.15) is 0 Å². The van der Waals surface area contributed by atoms with Crippen LogP contribution in [-0.4, -0.2) is 32.0 Å². The number of halogens is 1. The quantitative estimate of drug-likeness (QED) is 0.870. The van der Waals surface area contributed by atoms with E-state index in [9.17, 15) is 0 Å². The first-order valence-electron chi connectivity index (χ1n) is 6.81. The highest BCUT2D eigenvalue weighted by molar-refractivity contribution is 6.30. The van der Waals surface area contributed by atoms with Gasteiger partial charge in [-0.15, -0.1) is 0 Å². The lowest BCUT2D eigenvalue weighted by Crippen LogP contribution is -2.60. The van der Waals surface area contributed by atoms with E-state index in [2.05, 4.69) is 24.4 Å². The number of nitrogens with one attached hydrogen (secondary N) is 1. The molecule has 4 atom stereocenters. The Hall–Kier alpha value is -0.610. The summed E-state index contributed by atoms with van der Waals surface area (Å²) in [6.07, 6.45) is 1.38. The van der Waals surface area contributed by atoms with Gasteiger partial charge in [-0.05, 0) is 38.0 Å². The Kier molecular flexibility index (Phi) is 5.22. The molecular weight excluding hydrogens is 262 g/mol. The van der Waals surface area contributed by atoms with Gasteiger partial charge in [-0.2, -0.15) is 0 Å². The van der Waals surface area contributed by atoms with Crippen molar-refractivity contribution in [1.29, 1.82) is 0 Å². The second kappa shape index (κ2) is 6.71. The van der Waals surface area contributed by atoms with Crippen LogP contribution in [0.4, 0.5) is 0 Å². The van der Waals surface area contributed by atoms with Crippen LogP contribution in [-0.2, 0) is 9.47 Å². The Morgan fingerprint density at radius 1 is 1.37 bits per heavy atom. The van der Waals surface area contributed by atoms with Crippen molar-refractivity contribution in [2.45, 2.75) is 44.6 Å². The van der Waals surface area contributed by atoms with Crippen molar-refractivity contribution >= 4 is 11.6 Å². The first kappa shape index (κ1) is 14.8. The Bertz CT molecular complexity index is 396. The van der Waals surface area contributed by atoms with Gasteiger partial charge in [-0.25, -0.2) is 0 Å². The summed E-state index contributed by atoms with van der Waals surface area (Å²) in [5.74, 6) is 0. The first-order chi connectivity index (χ1) is 9.15. The summed E-state index contributed by atoms with van der Waals surface area (Å²) in [6.45, 7) is 4.91. The highest BCUT2D eigenvalue weighted by Gasteiger charge is 2.42. The molecule has 0 heterocycles. The van der Waals surface area contributed by atoms with Crippen molar-refractivity contribution in [2.24, 2.45) is 0 Å². The van der Waals surface area contributed by atoms with E-state index in [-0.39, 0.29) is 18.2 Å². The fraction of sp³-hybridized carbons (Fsp3) is 0.600. The summed E-state index contributed by atoms with van der Waals surface area (Å²) in [7, 11) is 1.75. The average molecular weight is 284 g/mol. The van der Waals surface area contributed by atoms with Crippen LogP contribution < -0.4 is 5.32 Å². The molecule has 0 radical (unpaired) electrons. The van der Waals surface area contributed by atoms with Crippen LogP contribution in [0.15, 0.2) is 24.3 Å². The van der Waals surface area contributed by atoms with Gasteiger partial charge >= 0.3 is 0 Å². The Morgan fingerprint density at radius 3 is 2.63 bits per heavy atom. The molecule has 3 nitrogen and oxygen atoms in total. The molecule has 2 rings (SSSR count). The van der Waals surface area contributed by atoms with Gasteiger partial charge in [0.2, 0.25) is 0 Å². The molecule has 0 spiro atoms. The summed E-state index contributed by atoms with van der Waals surface area (Å²) in [4.78, 5) is 0. The van der Waals surface area contributed by atoms with Crippen molar-refractivity contribution in [3.8, 4) is 0 Å². The zero-order valence-corrected chi connectivity index (χ0v) is 12.5. The van der Waals surface area contributed by atoms with Crippen LogP contribution >= 0.6 is 11.6 Å².